The van der Waals surface area contributed by atoms with Crippen LogP contribution < -0.4 is 5.14 Å². The average Bonchev–Trinajstić information content (AvgIpc) is 2.25. The lowest BCUT2D eigenvalue weighted by Crippen LogP contribution is -2.33. The van der Waals surface area contributed by atoms with Crippen molar-refractivity contribution < 1.29 is 21.6 Å². The van der Waals surface area contributed by atoms with Crippen molar-refractivity contribution in [3.8, 4) is 0 Å². The van der Waals surface area contributed by atoms with E-state index >= 15 is 0 Å². The minimum atomic E-state index is -5.00. The van der Waals surface area contributed by atoms with Crippen LogP contribution in [0.5, 0.6) is 0 Å². The van der Waals surface area contributed by atoms with Gasteiger partial charge in [-0.25, -0.2) is 13.6 Å². The highest BCUT2D eigenvalue weighted by atomic mass is 32.2. The molecule has 0 saturated heterocycles. The summed E-state index contributed by atoms with van der Waals surface area (Å²) in [5.41, 5.74) is -0.491. The van der Waals surface area contributed by atoms with Crippen molar-refractivity contribution in [1.29, 1.82) is 0 Å². The van der Waals surface area contributed by atoms with E-state index in [-0.39, 0.29) is 5.52 Å². The van der Waals surface area contributed by atoms with Crippen LogP contribution in [0.3, 0.4) is 0 Å². The molecule has 0 fully saturated rings. The molecule has 0 aliphatic carbocycles. The monoisotopic (exact) mass is 290 g/mol. The van der Waals surface area contributed by atoms with Crippen LogP contribution in [0.15, 0.2) is 36.5 Å². The molecular weight excluding hydrogens is 281 g/mol. The minimum absolute atomic E-state index is 0.0265. The van der Waals surface area contributed by atoms with Gasteiger partial charge in [0.2, 0.25) is 10.0 Å². The minimum Gasteiger partial charge on any atom is -0.256 e. The molecule has 19 heavy (non-hydrogen) atoms. The molecule has 0 bridgehead atoms. The van der Waals surface area contributed by atoms with Gasteiger partial charge >= 0.3 is 6.18 Å². The van der Waals surface area contributed by atoms with Crippen LogP contribution in [-0.2, 0) is 10.0 Å². The van der Waals surface area contributed by atoms with Gasteiger partial charge in [-0.15, -0.1) is 0 Å². The lowest BCUT2D eigenvalue weighted by Gasteiger charge is -2.19. The molecule has 2 rings (SSSR count). The predicted molar refractivity (Wildman–Crippen MR) is 63.6 cm³/mol. The number of nitrogens with two attached hydrogens (primary N) is 1. The van der Waals surface area contributed by atoms with Gasteiger partial charge in [0.05, 0.1) is 5.52 Å². The Morgan fingerprint density at radius 3 is 2.37 bits per heavy atom. The Hall–Kier alpha value is -1.67. The molecule has 1 heterocycles. The Kier molecular flexibility index (Phi) is 3.23. The fraction of sp³-hybridized carbons (Fsp3) is 0.182. The van der Waals surface area contributed by atoms with Gasteiger partial charge in [0.15, 0.2) is 5.25 Å². The van der Waals surface area contributed by atoms with Crippen LogP contribution in [-0.4, -0.2) is 19.6 Å². The maximum Gasteiger partial charge on any atom is 0.410 e. The Morgan fingerprint density at radius 1 is 1.16 bits per heavy atom. The van der Waals surface area contributed by atoms with Gasteiger partial charge in [-0.2, -0.15) is 13.2 Å². The molecule has 2 N–H and O–H groups in total. The molecule has 2 aromatic rings. The second kappa shape index (κ2) is 4.46. The molecule has 0 amide bonds. The van der Waals surface area contributed by atoms with Gasteiger partial charge in [-0.3, -0.25) is 4.98 Å². The van der Waals surface area contributed by atoms with Crippen LogP contribution in [0.2, 0.25) is 0 Å². The fourth-order valence-electron chi connectivity index (χ4n) is 1.88. The zero-order valence-corrected chi connectivity index (χ0v) is 10.2. The summed E-state index contributed by atoms with van der Waals surface area (Å²) in [6, 6.07) is 7.04. The highest BCUT2D eigenvalue weighted by molar-refractivity contribution is 7.89. The van der Waals surface area contributed by atoms with E-state index in [1.807, 2.05) is 0 Å². The second-order valence-electron chi connectivity index (χ2n) is 3.93. The summed E-state index contributed by atoms with van der Waals surface area (Å²) in [7, 11) is -4.83. The molecule has 102 valence electrons. The number of fused-ring (bicyclic) bond motifs is 1. The van der Waals surface area contributed by atoms with Crippen LogP contribution in [0.25, 0.3) is 10.9 Å². The van der Waals surface area contributed by atoms with Gasteiger partial charge in [0, 0.05) is 17.1 Å². The lowest BCUT2D eigenvalue weighted by molar-refractivity contribution is -0.131. The van der Waals surface area contributed by atoms with Crippen molar-refractivity contribution in [2.24, 2.45) is 5.14 Å². The van der Waals surface area contributed by atoms with E-state index in [1.165, 1.54) is 12.3 Å². The number of primary sulfonamides is 1. The largest absolute Gasteiger partial charge is 0.410 e. The predicted octanol–water partition coefficient (Wildman–Crippen LogP) is 2.13. The first-order chi connectivity index (χ1) is 8.71. The number of alkyl halides is 3. The highest BCUT2D eigenvalue weighted by Gasteiger charge is 2.49. The molecule has 1 unspecified atom stereocenters. The molecule has 1 aromatic carbocycles. The third-order valence-corrected chi connectivity index (χ3v) is 3.75. The number of aromatic nitrogens is 1. The van der Waals surface area contributed by atoms with E-state index < -0.39 is 27.0 Å². The summed E-state index contributed by atoms with van der Waals surface area (Å²) in [4.78, 5) is 3.81. The molecule has 1 aromatic heterocycles. The van der Waals surface area contributed by atoms with Gasteiger partial charge in [-0.1, -0.05) is 24.3 Å². The molecule has 0 saturated carbocycles. The zero-order chi connectivity index (χ0) is 14.3. The number of para-hydroxylation sites is 1. The maximum atomic E-state index is 12.9. The third-order valence-electron chi connectivity index (χ3n) is 2.57. The van der Waals surface area contributed by atoms with E-state index in [9.17, 15) is 21.6 Å². The molecule has 0 aliphatic rings. The fourth-order valence-corrected chi connectivity index (χ4v) is 2.80. The van der Waals surface area contributed by atoms with Crippen molar-refractivity contribution in [3.05, 3.63) is 42.1 Å². The number of nitrogens with zero attached hydrogens (tertiary/aromatic N) is 1. The third kappa shape index (κ3) is 2.69. The number of sulfonamides is 1. The first-order valence-corrected chi connectivity index (χ1v) is 6.74. The van der Waals surface area contributed by atoms with Crippen molar-refractivity contribution in [3.63, 3.8) is 0 Å². The SMILES string of the molecule is NS(=O)(=O)C(c1cccc2cccnc12)C(F)(F)F. The Bertz CT molecular complexity index is 708. The second-order valence-corrected chi connectivity index (χ2v) is 5.58. The van der Waals surface area contributed by atoms with Gasteiger partial charge in [0.1, 0.15) is 0 Å². The smallest absolute Gasteiger partial charge is 0.256 e. The number of pyridine rings is 1. The number of halogens is 3. The number of rotatable bonds is 2. The molecule has 0 aliphatic heterocycles. The van der Waals surface area contributed by atoms with E-state index in [1.54, 1.807) is 18.2 Å². The lowest BCUT2D eigenvalue weighted by atomic mass is 10.1. The average molecular weight is 290 g/mol. The van der Waals surface area contributed by atoms with Gasteiger partial charge in [0.25, 0.3) is 0 Å². The van der Waals surface area contributed by atoms with Gasteiger partial charge in [-0.05, 0) is 6.07 Å². The normalized spacial score (nSPS) is 14.5. The quantitative estimate of drug-likeness (QED) is 0.920. The Morgan fingerprint density at radius 2 is 1.79 bits per heavy atom. The van der Waals surface area contributed by atoms with Crippen LogP contribution in [0.1, 0.15) is 10.8 Å². The summed E-state index contributed by atoms with van der Waals surface area (Å²) >= 11 is 0. The van der Waals surface area contributed by atoms with Crippen LogP contribution in [0.4, 0.5) is 13.2 Å². The van der Waals surface area contributed by atoms with Crippen LogP contribution >= 0.6 is 0 Å². The molecule has 4 nitrogen and oxygen atoms in total. The summed E-state index contributed by atoms with van der Waals surface area (Å²) in [5.74, 6) is 0. The van der Waals surface area contributed by atoms with Crippen molar-refractivity contribution >= 4 is 20.9 Å². The number of benzene rings is 1. The van der Waals surface area contributed by atoms with E-state index in [2.05, 4.69) is 4.98 Å². The summed E-state index contributed by atoms with van der Waals surface area (Å²) in [5, 5.41) is 2.35. The number of hydrogen-bond acceptors (Lipinski definition) is 3. The highest BCUT2D eigenvalue weighted by Crippen LogP contribution is 2.39. The standard InChI is InChI=1S/C11H9F3N2O2S/c12-11(13,14)10(19(15,17)18)8-5-1-3-7-4-2-6-16-9(7)8/h1-6,10H,(H2,15,17,18). The van der Waals surface area contributed by atoms with Gasteiger partial charge < -0.3 is 0 Å². The number of hydrogen-bond donors (Lipinski definition) is 1. The Labute approximate surface area is 107 Å². The first kappa shape index (κ1) is 13.8. The summed E-state index contributed by atoms with van der Waals surface area (Å²) in [6.07, 6.45) is -3.71. The van der Waals surface area contributed by atoms with E-state index in [0.717, 1.165) is 6.07 Å². The van der Waals surface area contributed by atoms with E-state index in [0.29, 0.717) is 5.39 Å². The van der Waals surface area contributed by atoms with E-state index in [4.69, 9.17) is 5.14 Å². The molecule has 8 heteroatoms. The molecule has 0 radical (unpaired) electrons. The maximum absolute atomic E-state index is 12.9. The summed E-state index contributed by atoms with van der Waals surface area (Å²) < 4.78 is 61.3. The summed E-state index contributed by atoms with van der Waals surface area (Å²) in [6.45, 7) is 0. The Balaban J connectivity index is 2.78. The topological polar surface area (TPSA) is 73.1 Å². The van der Waals surface area contributed by atoms with Crippen LogP contribution in [0, 0.1) is 0 Å². The molecule has 1 atom stereocenters. The van der Waals surface area contributed by atoms with Crippen molar-refractivity contribution in [2.75, 3.05) is 0 Å². The first-order valence-electron chi connectivity index (χ1n) is 5.13. The molecular formula is C11H9F3N2O2S. The van der Waals surface area contributed by atoms with Crippen molar-refractivity contribution in [2.45, 2.75) is 11.4 Å². The zero-order valence-electron chi connectivity index (χ0n) is 9.42. The molecule has 0 spiro atoms. The van der Waals surface area contributed by atoms with Crippen molar-refractivity contribution in [1.82, 2.24) is 4.98 Å².